The maximum absolute atomic E-state index is 13.8. The molecule has 1 fully saturated rings. The molecule has 6 rings (SSSR count). The highest BCUT2D eigenvalue weighted by molar-refractivity contribution is 5.81. The van der Waals surface area contributed by atoms with Gasteiger partial charge in [-0.05, 0) is 54.3 Å². The fourth-order valence-corrected chi connectivity index (χ4v) is 6.81. The Labute approximate surface area is 217 Å². The maximum atomic E-state index is 13.8. The molecule has 0 unspecified atom stereocenters. The zero-order valence-corrected chi connectivity index (χ0v) is 21.1. The molecule has 2 aromatic carbocycles. The monoisotopic (exact) mass is 495 g/mol. The van der Waals surface area contributed by atoms with Crippen LogP contribution in [0.3, 0.4) is 0 Å². The molecule has 0 saturated carbocycles. The zero-order valence-electron chi connectivity index (χ0n) is 21.1. The number of aromatic nitrogens is 1. The van der Waals surface area contributed by atoms with E-state index < -0.39 is 5.92 Å². The second kappa shape index (κ2) is 9.77. The summed E-state index contributed by atoms with van der Waals surface area (Å²) in [6, 6.07) is 21.9. The summed E-state index contributed by atoms with van der Waals surface area (Å²) < 4.78 is 1.84. The number of carbonyl (C=O) groups is 1. The van der Waals surface area contributed by atoms with E-state index in [2.05, 4.69) is 29.3 Å². The van der Waals surface area contributed by atoms with Crippen molar-refractivity contribution in [2.75, 3.05) is 13.2 Å². The molecule has 2 bridgehead atoms. The molecule has 6 nitrogen and oxygen atoms in total. The lowest BCUT2D eigenvalue weighted by Crippen LogP contribution is -2.46. The molecule has 37 heavy (non-hydrogen) atoms. The van der Waals surface area contributed by atoms with Crippen LogP contribution in [0.2, 0.25) is 0 Å². The van der Waals surface area contributed by atoms with Crippen molar-refractivity contribution in [2.24, 2.45) is 11.8 Å². The third-order valence-corrected chi connectivity index (χ3v) is 8.52. The van der Waals surface area contributed by atoms with Gasteiger partial charge in [0.15, 0.2) is 0 Å². The first-order valence-electron chi connectivity index (χ1n) is 13.3. The molecule has 0 spiro atoms. The number of fused-ring (bicyclic) bond motifs is 5. The number of benzene rings is 2. The minimum atomic E-state index is -0.405. The van der Waals surface area contributed by atoms with E-state index in [-0.39, 0.29) is 42.1 Å². The molecule has 1 aromatic heterocycles. The zero-order chi connectivity index (χ0) is 25.5. The van der Waals surface area contributed by atoms with E-state index in [0.29, 0.717) is 12.1 Å². The van der Waals surface area contributed by atoms with Gasteiger partial charge >= 0.3 is 0 Å². The van der Waals surface area contributed by atoms with Crippen molar-refractivity contribution in [2.45, 2.75) is 44.4 Å². The number of aliphatic hydroxyl groups excluding tert-OH is 1. The lowest BCUT2D eigenvalue weighted by atomic mass is 9.86. The standard InChI is InChI=1S/C31H33N3O3/c1-2-33-27-18-34-26(15-14-21(31(34)37)13-12-20-8-4-3-5-9-20)29(33)28(25(27)19-35)30(36)32-24-16-22-10-6-7-11-23(22)17-24/h3-15,24-25,27-29,35H,2,16-19H2,1H3,(H,32,36)/b13-12+/t25-,27-,28+,29+/m1/s1. The van der Waals surface area contributed by atoms with Crippen LogP contribution in [0, 0.1) is 11.8 Å². The van der Waals surface area contributed by atoms with Gasteiger partial charge in [0, 0.05) is 42.4 Å². The highest BCUT2D eigenvalue weighted by Crippen LogP contribution is 2.48. The van der Waals surface area contributed by atoms with Gasteiger partial charge in [-0.25, -0.2) is 0 Å². The summed E-state index contributed by atoms with van der Waals surface area (Å²) in [5.41, 5.74) is 5.07. The number of amides is 1. The average molecular weight is 496 g/mol. The molecular weight excluding hydrogens is 462 g/mol. The first kappa shape index (κ1) is 23.9. The van der Waals surface area contributed by atoms with Crippen molar-refractivity contribution < 1.29 is 9.90 Å². The summed E-state index contributed by atoms with van der Waals surface area (Å²) in [6.45, 7) is 3.25. The van der Waals surface area contributed by atoms with Gasteiger partial charge in [0.25, 0.3) is 5.56 Å². The lowest BCUT2D eigenvalue weighted by Gasteiger charge is -2.37. The van der Waals surface area contributed by atoms with E-state index in [9.17, 15) is 14.7 Å². The van der Waals surface area contributed by atoms with Gasteiger partial charge in [-0.1, -0.05) is 67.6 Å². The normalized spacial score (nSPS) is 24.8. The number of aliphatic hydroxyl groups is 1. The molecular formula is C31H33N3O3. The Balaban J connectivity index is 1.30. The first-order valence-corrected chi connectivity index (χ1v) is 13.3. The van der Waals surface area contributed by atoms with Crippen LogP contribution in [0.4, 0.5) is 0 Å². The number of hydrogen-bond acceptors (Lipinski definition) is 4. The minimum absolute atomic E-state index is 0.0169. The van der Waals surface area contributed by atoms with Crippen molar-refractivity contribution in [3.05, 3.63) is 105 Å². The topological polar surface area (TPSA) is 74.6 Å². The van der Waals surface area contributed by atoms with Gasteiger partial charge in [-0.15, -0.1) is 0 Å². The van der Waals surface area contributed by atoms with Crippen molar-refractivity contribution in [1.29, 1.82) is 0 Å². The summed E-state index contributed by atoms with van der Waals surface area (Å²) in [7, 11) is 0. The van der Waals surface area contributed by atoms with Crippen LogP contribution in [0.5, 0.6) is 0 Å². The Kier molecular flexibility index (Phi) is 6.31. The number of nitrogens with zero attached hydrogens (tertiary/aromatic N) is 2. The number of rotatable bonds is 6. The van der Waals surface area contributed by atoms with Crippen LogP contribution >= 0.6 is 0 Å². The molecule has 3 heterocycles. The van der Waals surface area contributed by atoms with Crippen LogP contribution in [0.15, 0.2) is 71.5 Å². The van der Waals surface area contributed by atoms with Crippen molar-refractivity contribution >= 4 is 18.1 Å². The van der Waals surface area contributed by atoms with E-state index in [1.165, 1.54) is 11.1 Å². The van der Waals surface area contributed by atoms with E-state index in [0.717, 1.165) is 30.6 Å². The fourth-order valence-electron chi connectivity index (χ4n) is 6.81. The summed E-state index contributed by atoms with van der Waals surface area (Å²) >= 11 is 0. The molecule has 0 radical (unpaired) electrons. The van der Waals surface area contributed by atoms with E-state index in [1.807, 2.05) is 71.3 Å². The summed E-state index contributed by atoms with van der Waals surface area (Å²) in [5.74, 6) is -0.648. The molecule has 2 N–H and O–H groups in total. The molecule has 1 amide bonds. The van der Waals surface area contributed by atoms with E-state index in [4.69, 9.17) is 0 Å². The number of likely N-dealkylation sites (N-methyl/N-ethyl adjacent to an activating group) is 1. The first-order chi connectivity index (χ1) is 18.1. The predicted octanol–water partition coefficient (Wildman–Crippen LogP) is 3.29. The van der Waals surface area contributed by atoms with Crippen LogP contribution in [0.25, 0.3) is 12.2 Å². The Morgan fingerprint density at radius 3 is 2.38 bits per heavy atom. The molecule has 3 aromatic rings. The molecule has 4 atom stereocenters. The Morgan fingerprint density at radius 2 is 1.70 bits per heavy atom. The Hall–Kier alpha value is -3.48. The van der Waals surface area contributed by atoms with Crippen molar-refractivity contribution in [1.82, 2.24) is 14.8 Å². The van der Waals surface area contributed by atoms with Crippen LogP contribution < -0.4 is 10.9 Å². The number of hydrogen-bond donors (Lipinski definition) is 2. The van der Waals surface area contributed by atoms with Crippen molar-refractivity contribution in [3.63, 3.8) is 0 Å². The smallest absolute Gasteiger partial charge is 0.258 e. The fraction of sp³-hybridized carbons (Fsp3) is 0.355. The highest BCUT2D eigenvalue weighted by Gasteiger charge is 2.55. The van der Waals surface area contributed by atoms with Gasteiger partial charge in [0.05, 0.1) is 12.0 Å². The number of carbonyl (C=O) groups excluding carboxylic acids is 1. The second-order valence-corrected chi connectivity index (χ2v) is 10.5. The van der Waals surface area contributed by atoms with Crippen LogP contribution in [-0.4, -0.2) is 45.7 Å². The Morgan fingerprint density at radius 1 is 1.00 bits per heavy atom. The molecule has 1 saturated heterocycles. The average Bonchev–Trinajstić information content (AvgIpc) is 3.43. The van der Waals surface area contributed by atoms with Gasteiger partial charge in [0.1, 0.15) is 0 Å². The molecule has 190 valence electrons. The van der Waals surface area contributed by atoms with Crippen LogP contribution in [0.1, 0.15) is 40.9 Å². The van der Waals surface area contributed by atoms with E-state index in [1.54, 1.807) is 0 Å². The van der Waals surface area contributed by atoms with Gasteiger partial charge < -0.3 is 15.0 Å². The van der Waals surface area contributed by atoms with Crippen molar-refractivity contribution in [3.8, 4) is 0 Å². The Bertz CT molecular complexity index is 1370. The summed E-state index contributed by atoms with van der Waals surface area (Å²) in [6.07, 6.45) is 5.48. The van der Waals surface area contributed by atoms with Gasteiger partial charge in [-0.2, -0.15) is 0 Å². The third kappa shape index (κ3) is 4.14. The second-order valence-electron chi connectivity index (χ2n) is 10.5. The largest absolute Gasteiger partial charge is 0.396 e. The molecule has 2 aliphatic heterocycles. The number of nitrogens with one attached hydrogen (secondary N) is 1. The highest BCUT2D eigenvalue weighted by atomic mass is 16.3. The maximum Gasteiger partial charge on any atom is 0.258 e. The minimum Gasteiger partial charge on any atom is -0.396 e. The molecule has 1 aliphatic carbocycles. The van der Waals surface area contributed by atoms with Crippen LogP contribution in [-0.2, 0) is 24.2 Å². The third-order valence-electron chi connectivity index (χ3n) is 8.52. The SMILES string of the molecule is CCN1[C@@H]2Cn3c(ccc(/C=C/c4ccccc4)c3=O)[C@H]1[C@@H](C(=O)NC1Cc3ccccc3C1)[C@@H]2CO. The predicted molar refractivity (Wildman–Crippen MR) is 145 cm³/mol. The summed E-state index contributed by atoms with van der Waals surface area (Å²) in [5, 5.41) is 13.8. The van der Waals surface area contributed by atoms with Gasteiger partial charge in [-0.3, -0.25) is 14.5 Å². The van der Waals surface area contributed by atoms with Gasteiger partial charge in [0.2, 0.25) is 5.91 Å². The quantitative estimate of drug-likeness (QED) is 0.551. The van der Waals surface area contributed by atoms with E-state index >= 15 is 0 Å². The lowest BCUT2D eigenvalue weighted by molar-refractivity contribution is -0.128. The number of pyridine rings is 1. The summed E-state index contributed by atoms with van der Waals surface area (Å²) in [4.78, 5) is 29.7. The molecule has 6 heteroatoms. The molecule has 3 aliphatic rings.